The smallest absolute Gasteiger partial charge is 0.259 e. The molecular weight excluding hydrogens is 362 g/mol. The predicted octanol–water partition coefficient (Wildman–Crippen LogP) is 4.60. The maximum Gasteiger partial charge on any atom is 0.259 e. The van der Waals surface area contributed by atoms with Crippen molar-refractivity contribution in [2.24, 2.45) is 11.8 Å². The third kappa shape index (κ3) is 3.55. The molecule has 4 atom stereocenters. The second-order valence-corrected chi connectivity index (χ2v) is 8.52. The lowest BCUT2D eigenvalue weighted by molar-refractivity contribution is -0.164. The largest absolute Gasteiger partial charge is 0.497 e. The third-order valence-electron chi connectivity index (χ3n) is 6.90. The van der Waals surface area contributed by atoms with Crippen LogP contribution in [0.1, 0.15) is 43.2 Å². The molecule has 4 rings (SSSR count). The van der Waals surface area contributed by atoms with Crippen LogP contribution >= 0.6 is 0 Å². The summed E-state index contributed by atoms with van der Waals surface area (Å²) in [6, 6.07) is 18.7. The van der Waals surface area contributed by atoms with Gasteiger partial charge in [-0.15, -0.1) is 0 Å². The maximum atomic E-state index is 13.8. The highest BCUT2D eigenvalue weighted by Gasteiger charge is 2.57. The number of likely N-dealkylation sites (N-methyl/N-ethyl adjacent to an activating group) is 1. The summed E-state index contributed by atoms with van der Waals surface area (Å²) >= 11 is 0. The first-order valence-electron chi connectivity index (χ1n) is 10.5. The van der Waals surface area contributed by atoms with Gasteiger partial charge in [0, 0.05) is 26.1 Å². The van der Waals surface area contributed by atoms with Crippen molar-refractivity contribution in [1.82, 2.24) is 4.90 Å². The Balaban J connectivity index is 1.67. The monoisotopic (exact) mass is 393 g/mol. The summed E-state index contributed by atoms with van der Waals surface area (Å²) in [4.78, 5) is 15.7. The van der Waals surface area contributed by atoms with E-state index >= 15 is 0 Å². The van der Waals surface area contributed by atoms with E-state index in [4.69, 9.17) is 9.47 Å². The summed E-state index contributed by atoms with van der Waals surface area (Å²) in [5, 5.41) is 0. The predicted molar refractivity (Wildman–Crippen MR) is 114 cm³/mol. The van der Waals surface area contributed by atoms with Crippen LogP contribution in [0.3, 0.4) is 0 Å². The van der Waals surface area contributed by atoms with Gasteiger partial charge in [-0.25, -0.2) is 0 Å². The minimum absolute atomic E-state index is 0.0554. The van der Waals surface area contributed by atoms with Crippen LogP contribution < -0.4 is 4.74 Å². The number of methoxy groups -OCH3 is 2. The van der Waals surface area contributed by atoms with E-state index in [-0.39, 0.29) is 11.8 Å². The molecule has 2 aromatic carbocycles. The highest BCUT2D eigenvalue weighted by Crippen LogP contribution is 2.57. The summed E-state index contributed by atoms with van der Waals surface area (Å²) in [5.74, 6) is 1.83. The minimum atomic E-state index is -0.961. The molecule has 154 valence electrons. The molecule has 1 amide bonds. The Hall–Kier alpha value is -2.33. The quantitative estimate of drug-likeness (QED) is 0.658. The zero-order valence-corrected chi connectivity index (χ0v) is 17.8. The first kappa shape index (κ1) is 20.0. The molecule has 0 aliphatic heterocycles. The Labute approximate surface area is 173 Å². The fourth-order valence-corrected chi connectivity index (χ4v) is 4.87. The Morgan fingerprint density at radius 2 is 1.83 bits per heavy atom. The molecule has 4 unspecified atom stereocenters. The molecule has 0 aromatic heterocycles. The zero-order valence-electron chi connectivity index (χ0n) is 17.8. The molecule has 0 saturated heterocycles. The van der Waals surface area contributed by atoms with E-state index in [0.29, 0.717) is 17.9 Å². The molecule has 0 bridgehead atoms. The van der Waals surface area contributed by atoms with Crippen molar-refractivity contribution in [3.05, 3.63) is 65.7 Å². The van der Waals surface area contributed by atoms with Gasteiger partial charge in [0.05, 0.1) is 7.11 Å². The number of nitrogens with zero attached hydrogens (tertiary/aromatic N) is 1. The Bertz CT molecular complexity index is 863. The minimum Gasteiger partial charge on any atom is -0.497 e. The fraction of sp³-hybridized carbons (Fsp3) is 0.480. The van der Waals surface area contributed by atoms with Gasteiger partial charge in [0.25, 0.3) is 5.91 Å². The van der Waals surface area contributed by atoms with Crippen LogP contribution in [0, 0.1) is 11.8 Å². The molecule has 4 nitrogen and oxygen atoms in total. The number of carbonyl (C=O) groups excluding carboxylic acids is 1. The molecule has 2 aromatic rings. The second-order valence-electron chi connectivity index (χ2n) is 8.52. The number of carbonyl (C=O) groups is 1. The lowest BCUT2D eigenvalue weighted by atomic mass is 9.77. The van der Waals surface area contributed by atoms with Gasteiger partial charge < -0.3 is 14.4 Å². The van der Waals surface area contributed by atoms with E-state index in [1.54, 1.807) is 14.2 Å². The van der Waals surface area contributed by atoms with Crippen LogP contribution in [-0.2, 0) is 15.1 Å². The maximum absolute atomic E-state index is 13.8. The molecule has 2 saturated carbocycles. The Kier molecular flexibility index (Phi) is 5.39. The van der Waals surface area contributed by atoms with Gasteiger partial charge in [0.1, 0.15) is 5.75 Å². The Morgan fingerprint density at radius 3 is 2.45 bits per heavy atom. The molecular formula is C25H31NO3. The molecule has 2 fully saturated rings. The van der Waals surface area contributed by atoms with E-state index in [0.717, 1.165) is 30.6 Å². The van der Waals surface area contributed by atoms with Crippen molar-refractivity contribution in [3.8, 4) is 5.75 Å². The highest BCUT2D eigenvalue weighted by molar-refractivity contribution is 5.87. The molecule has 2 aliphatic carbocycles. The van der Waals surface area contributed by atoms with Crippen molar-refractivity contribution >= 4 is 5.91 Å². The topological polar surface area (TPSA) is 38.8 Å². The average Bonchev–Trinajstić information content (AvgIpc) is 3.67. The van der Waals surface area contributed by atoms with Gasteiger partial charge in [-0.3, -0.25) is 4.79 Å². The molecule has 2 aliphatic rings. The van der Waals surface area contributed by atoms with Crippen molar-refractivity contribution in [2.45, 2.75) is 43.7 Å². The summed E-state index contributed by atoms with van der Waals surface area (Å²) < 4.78 is 11.6. The highest BCUT2D eigenvalue weighted by atomic mass is 16.5. The van der Waals surface area contributed by atoms with Gasteiger partial charge in [0.15, 0.2) is 5.60 Å². The Morgan fingerprint density at radius 1 is 1.10 bits per heavy atom. The van der Waals surface area contributed by atoms with Crippen LogP contribution in [0.4, 0.5) is 0 Å². The summed E-state index contributed by atoms with van der Waals surface area (Å²) in [6.07, 6.45) is 3.23. The fourth-order valence-electron chi connectivity index (χ4n) is 4.87. The second kappa shape index (κ2) is 7.83. The third-order valence-corrected chi connectivity index (χ3v) is 6.90. The van der Waals surface area contributed by atoms with Crippen molar-refractivity contribution in [1.29, 1.82) is 0 Å². The van der Waals surface area contributed by atoms with Crippen LogP contribution in [0.25, 0.3) is 0 Å². The van der Waals surface area contributed by atoms with E-state index < -0.39 is 5.60 Å². The average molecular weight is 394 g/mol. The van der Waals surface area contributed by atoms with Crippen LogP contribution in [0.15, 0.2) is 54.6 Å². The van der Waals surface area contributed by atoms with Gasteiger partial charge >= 0.3 is 0 Å². The number of rotatable bonds is 8. The van der Waals surface area contributed by atoms with Gasteiger partial charge in [-0.05, 0) is 54.4 Å². The standard InChI is InChI=1S/C25H31NO3/c1-17(22-16-23(22)18-9-8-12-21(15-18)28-3)25(29-4,19-10-6-5-7-11-19)24(27)26(2)20-13-14-20/h5-12,15,17,20,22-23H,13-14,16H2,1-4H3. The van der Waals surface area contributed by atoms with Gasteiger partial charge in [-0.2, -0.15) is 0 Å². The van der Waals surface area contributed by atoms with Crippen molar-refractivity contribution in [2.75, 3.05) is 21.3 Å². The molecule has 0 N–H and O–H groups in total. The van der Waals surface area contributed by atoms with E-state index in [1.807, 2.05) is 54.4 Å². The number of amides is 1. The number of benzene rings is 2. The zero-order chi connectivity index (χ0) is 20.6. The van der Waals surface area contributed by atoms with E-state index in [2.05, 4.69) is 19.1 Å². The van der Waals surface area contributed by atoms with Crippen molar-refractivity contribution < 1.29 is 14.3 Å². The molecule has 29 heavy (non-hydrogen) atoms. The molecule has 0 spiro atoms. The lowest BCUT2D eigenvalue weighted by Crippen LogP contribution is -2.52. The first-order chi connectivity index (χ1) is 14.0. The first-order valence-corrected chi connectivity index (χ1v) is 10.5. The molecule has 0 heterocycles. The number of ether oxygens (including phenoxy) is 2. The summed E-state index contributed by atoms with van der Waals surface area (Å²) in [6.45, 7) is 2.18. The summed E-state index contributed by atoms with van der Waals surface area (Å²) in [7, 11) is 5.31. The van der Waals surface area contributed by atoms with E-state index in [9.17, 15) is 4.79 Å². The van der Waals surface area contributed by atoms with Gasteiger partial charge in [0.2, 0.25) is 0 Å². The number of hydrogen-bond donors (Lipinski definition) is 0. The van der Waals surface area contributed by atoms with Crippen molar-refractivity contribution in [3.63, 3.8) is 0 Å². The number of hydrogen-bond acceptors (Lipinski definition) is 3. The molecule has 4 heteroatoms. The van der Waals surface area contributed by atoms with Gasteiger partial charge in [-0.1, -0.05) is 49.4 Å². The normalized spacial score (nSPS) is 23.7. The van der Waals surface area contributed by atoms with Crippen LogP contribution in [0.5, 0.6) is 5.75 Å². The van der Waals surface area contributed by atoms with E-state index in [1.165, 1.54) is 5.56 Å². The summed E-state index contributed by atoms with van der Waals surface area (Å²) in [5.41, 5.74) is 1.27. The SMILES string of the molecule is COc1cccc(C2CC2C(C)C(OC)(C(=O)N(C)C2CC2)c2ccccc2)c1. The van der Waals surface area contributed by atoms with Crippen LogP contribution in [0.2, 0.25) is 0 Å². The lowest BCUT2D eigenvalue weighted by Gasteiger charge is -2.40. The van der Waals surface area contributed by atoms with Crippen LogP contribution in [-0.4, -0.2) is 38.1 Å². The molecule has 0 radical (unpaired) electrons.